The average Bonchev–Trinajstić information content (AvgIpc) is 3.01. The van der Waals surface area contributed by atoms with Crippen LogP contribution in [-0.2, 0) is 0 Å². The summed E-state index contributed by atoms with van der Waals surface area (Å²) in [4.78, 5) is 24.8. The second kappa shape index (κ2) is 5.88. The summed E-state index contributed by atoms with van der Waals surface area (Å²) in [6.45, 7) is 3.09. The molecular weight excluding hydrogens is 340 g/mol. The van der Waals surface area contributed by atoms with E-state index in [1.807, 2.05) is 16.5 Å². The van der Waals surface area contributed by atoms with Crippen molar-refractivity contribution in [3.63, 3.8) is 0 Å². The van der Waals surface area contributed by atoms with E-state index in [4.69, 9.17) is 0 Å². The Balaban J connectivity index is 1.65. The summed E-state index contributed by atoms with van der Waals surface area (Å²) in [6.07, 6.45) is 3.45. The maximum Gasteiger partial charge on any atom is 0.254 e. The Morgan fingerprint density at radius 3 is 2.65 bits per heavy atom. The molecule has 0 saturated carbocycles. The second-order valence-corrected chi connectivity index (χ2v) is 6.15. The van der Waals surface area contributed by atoms with Gasteiger partial charge < -0.3 is 9.80 Å². The van der Waals surface area contributed by atoms with Crippen LogP contribution in [0.5, 0.6) is 0 Å². The molecular formula is C13H13BrN4OS. The molecule has 1 saturated heterocycles. The molecule has 0 bridgehead atoms. The molecule has 1 aliphatic heterocycles. The monoisotopic (exact) mass is 352 g/mol. The highest BCUT2D eigenvalue weighted by atomic mass is 79.9. The first-order valence-electron chi connectivity index (χ1n) is 6.29. The molecule has 1 amide bonds. The third-order valence-electron chi connectivity index (χ3n) is 3.23. The van der Waals surface area contributed by atoms with Crippen LogP contribution in [-0.4, -0.2) is 47.0 Å². The molecule has 5 nitrogen and oxygen atoms in total. The van der Waals surface area contributed by atoms with Crippen molar-refractivity contribution in [1.82, 2.24) is 14.9 Å². The Morgan fingerprint density at radius 2 is 2.00 bits per heavy atom. The summed E-state index contributed by atoms with van der Waals surface area (Å²) in [5, 5.41) is 3.00. The molecule has 20 heavy (non-hydrogen) atoms. The lowest BCUT2D eigenvalue weighted by molar-refractivity contribution is 0.0746. The number of hydrogen-bond donors (Lipinski definition) is 0. The number of carbonyl (C=O) groups excluding carboxylic acids is 1. The number of pyridine rings is 1. The zero-order valence-corrected chi connectivity index (χ0v) is 13.1. The van der Waals surface area contributed by atoms with Gasteiger partial charge >= 0.3 is 0 Å². The molecule has 3 heterocycles. The van der Waals surface area contributed by atoms with Crippen LogP contribution < -0.4 is 4.90 Å². The van der Waals surface area contributed by atoms with Crippen molar-refractivity contribution in [2.24, 2.45) is 0 Å². The third-order valence-corrected chi connectivity index (χ3v) is 4.50. The van der Waals surface area contributed by atoms with Crippen LogP contribution in [0.15, 0.2) is 34.5 Å². The molecule has 0 radical (unpaired) electrons. The summed E-state index contributed by atoms with van der Waals surface area (Å²) >= 11 is 4.93. The predicted molar refractivity (Wildman–Crippen MR) is 82.2 cm³/mol. The zero-order chi connectivity index (χ0) is 13.9. The highest BCUT2D eigenvalue weighted by Crippen LogP contribution is 2.20. The van der Waals surface area contributed by atoms with Gasteiger partial charge in [0.05, 0.1) is 0 Å². The van der Waals surface area contributed by atoms with Gasteiger partial charge in [0.15, 0.2) is 5.13 Å². The van der Waals surface area contributed by atoms with Gasteiger partial charge in [0.25, 0.3) is 5.91 Å². The SMILES string of the molecule is O=C(c1ccnc(Br)c1)N1CCN(c2nccs2)CC1. The molecule has 1 fully saturated rings. The fourth-order valence-electron chi connectivity index (χ4n) is 2.19. The number of halogens is 1. The van der Waals surface area contributed by atoms with Gasteiger partial charge in [-0.2, -0.15) is 0 Å². The second-order valence-electron chi connectivity index (χ2n) is 4.46. The van der Waals surface area contributed by atoms with E-state index in [2.05, 4.69) is 30.8 Å². The molecule has 0 aromatic carbocycles. The van der Waals surface area contributed by atoms with Gasteiger partial charge in [0.2, 0.25) is 0 Å². The molecule has 2 aromatic rings. The molecule has 3 rings (SSSR count). The van der Waals surface area contributed by atoms with E-state index < -0.39 is 0 Å². The van der Waals surface area contributed by atoms with Crippen LogP contribution in [0.2, 0.25) is 0 Å². The van der Waals surface area contributed by atoms with Gasteiger partial charge in [0, 0.05) is 49.5 Å². The van der Waals surface area contributed by atoms with Gasteiger partial charge in [-0.1, -0.05) is 0 Å². The number of rotatable bonds is 2. The van der Waals surface area contributed by atoms with Crippen LogP contribution in [0.4, 0.5) is 5.13 Å². The minimum absolute atomic E-state index is 0.0619. The maximum atomic E-state index is 12.4. The largest absolute Gasteiger partial charge is 0.345 e. The van der Waals surface area contributed by atoms with Gasteiger partial charge in [-0.05, 0) is 28.1 Å². The van der Waals surface area contributed by atoms with Gasteiger partial charge in [0.1, 0.15) is 4.60 Å². The highest BCUT2D eigenvalue weighted by molar-refractivity contribution is 9.10. The molecule has 1 aliphatic rings. The zero-order valence-electron chi connectivity index (χ0n) is 10.7. The Morgan fingerprint density at radius 1 is 1.20 bits per heavy atom. The quantitative estimate of drug-likeness (QED) is 0.778. The Labute approximate surface area is 129 Å². The number of nitrogens with zero attached hydrogens (tertiary/aromatic N) is 4. The van der Waals surface area contributed by atoms with E-state index in [1.54, 1.807) is 29.7 Å². The lowest BCUT2D eigenvalue weighted by atomic mass is 10.2. The highest BCUT2D eigenvalue weighted by Gasteiger charge is 2.23. The molecule has 0 spiro atoms. The Kier molecular flexibility index (Phi) is 3.98. The van der Waals surface area contributed by atoms with Crippen LogP contribution >= 0.6 is 27.3 Å². The number of carbonyl (C=O) groups is 1. The van der Waals surface area contributed by atoms with E-state index in [0.29, 0.717) is 10.2 Å². The van der Waals surface area contributed by atoms with E-state index in [0.717, 1.165) is 31.3 Å². The summed E-state index contributed by atoms with van der Waals surface area (Å²) in [6, 6.07) is 3.51. The van der Waals surface area contributed by atoms with E-state index in [1.165, 1.54) is 0 Å². The van der Waals surface area contributed by atoms with Gasteiger partial charge in [-0.15, -0.1) is 11.3 Å². The van der Waals surface area contributed by atoms with Crippen molar-refractivity contribution in [2.45, 2.75) is 0 Å². The summed E-state index contributed by atoms with van der Waals surface area (Å²) < 4.78 is 0.685. The molecule has 104 valence electrons. The van der Waals surface area contributed by atoms with Crippen molar-refractivity contribution in [3.05, 3.63) is 40.1 Å². The first-order valence-corrected chi connectivity index (χ1v) is 7.96. The average molecular weight is 353 g/mol. The smallest absolute Gasteiger partial charge is 0.254 e. The fourth-order valence-corrected chi connectivity index (χ4v) is 3.25. The van der Waals surface area contributed by atoms with E-state index >= 15 is 0 Å². The summed E-state index contributed by atoms with van der Waals surface area (Å²) in [7, 11) is 0. The first kappa shape index (κ1) is 13.5. The number of aromatic nitrogens is 2. The van der Waals surface area contributed by atoms with E-state index in [-0.39, 0.29) is 5.91 Å². The van der Waals surface area contributed by atoms with Crippen LogP contribution in [0.1, 0.15) is 10.4 Å². The number of piperazine rings is 1. The Bertz CT molecular complexity index is 596. The number of anilines is 1. The van der Waals surface area contributed by atoms with Crippen molar-refractivity contribution in [2.75, 3.05) is 31.1 Å². The fraction of sp³-hybridized carbons (Fsp3) is 0.308. The normalized spacial score (nSPS) is 15.4. The maximum absolute atomic E-state index is 12.4. The van der Waals surface area contributed by atoms with Crippen LogP contribution in [0, 0.1) is 0 Å². The molecule has 7 heteroatoms. The lowest BCUT2D eigenvalue weighted by Gasteiger charge is -2.34. The topological polar surface area (TPSA) is 49.3 Å². The third kappa shape index (κ3) is 2.83. The summed E-state index contributed by atoms with van der Waals surface area (Å²) in [5.41, 5.74) is 0.676. The minimum atomic E-state index is 0.0619. The van der Waals surface area contributed by atoms with Crippen LogP contribution in [0.25, 0.3) is 0 Å². The lowest BCUT2D eigenvalue weighted by Crippen LogP contribution is -2.48. The standard InChI is InChI=1S/C13H13BrN4OS/c14-11-9-10(1-2-15-11)12(19)17-4-6-18(7-5-17)13-16-3-8-20-13/h1-3,8-9H,4-7H2. The minimum Gasteiger partial charge on any atom is -0.345 e. The van der Waals surface area contributed by atoms with Crippen molar-refractivity contribution in [1.29, 1.82) is 0 Å². The number of hydrogen-bond acceptors (Lipinski definition) is 5. The van der Waals surface area contributed by atoms with Crippen molar-refractivity contribution < 1.29 is 4.79 Å². The van der Waals surface area contributed by atoms with Crippen molar-refractivity contribution in [3.8, 4) is 0 Å². The predicted octanol–water partition coefficient (Wildman–Crippen LogP) is 2.26. The van der Waals surface area contributed by atoms with Crippen LogP contribution in [0.3, 0.4) is 0 Å². The molecule has 0 aliphatic carbocycles. The molecule has 2 aromatic heterocycles. The molecule has 0 atom stereocenters. The molecule has 0 N–H and O–H groups in total. The number of amides is 1. The first-order chi connectivity index (χ1) is 9.74. The van der Waals surface area contributed by atoms with Gasteiger partial charge in [-0.3, -0.25) is 4.79 Å². The Hall–Kier alpha value is -1.47. The molecule has 0 unspecified atom stereocenters. The summed E-state index contributed by atoms with van der Waals surface area (Å²) in [5.74, 6) is 0.0619. The number of thiazole rings is 1. The van der Waals surface area contributed by atoms with Crippen molar-refractivity contribution >= 4 is 38.3 Å². The van der Waals surface area contributed by atoms with Gasteiger partial charge in [-0.25, -0.2) is 9.97 Å². The van der Waals surface area contributed by atoms with E-state index in [9.17, 15) is 4.79 Å².